The Bertz CT molecular complexity index is 656. The molecule has 0 aromatic carbocycles. The first-order valence-corrected chi connectivity index (χ1v) is 8.69. The van der Waals surface area contributed by atoms with Crippen LogP contribution in [0.15, 0.2) is 22.1 Å². The predicted molar refractivity (Wildman–Crippen MR) is 95.7 cm³/mol. The summed E-state index contributed by atoms with van der Waals surface area (Å²) in [5.74, 6) is -0.800. The summed E-state index contributed by atoms with van der Waals surface area (Å²) in [5, 5.41) is 2.40. The lowest BCUT2D eigenvalue weighted by Crippen LogP contribution is -2.45. The maximum Gasteiger partial charge on any atom is 0.407 e. The second-order valence-electron chi connectivity index (χ2n) is 6.09. The molecule has 1 aliphatic carbocycles. The number of esters is 1. The quantitative estimate of drug-likeness (QED) is 0.120. The van der Waals surface area contributed by atoms with Gasteiger partial charge in [-0.15, -0.1) is 0 Å². The fourth-order valence-electron chi connectivity index (χ4n) is 2.61. The van der Waals surface area contributed by atoms with Gasteiger partial charge in [-0.3, -0.25) is 4.84 Å². The molecule has 154 valence electrons. The molecule has 0 spiro atoms. The van der Waals surface area contributed by atoms with Crippen molar-refractivity contribution in [3.63, 3.8) is 0 Å². The van der Waals surface area contributed by atoms with Crippen LogP contribution in [0.1, 0.15) is 26.2 Å². The lowest BCUT2D eigenvalue weighted by Gasteiger charge is -2.24. The van der Waals surface area contributed by atoms with Crippen molar-refractivity contribution < 1.29 is 33.5 Å². The number of hydrogen-bond donors (Lipinski definition) is 2. The van der Waals surface area contributed by atoms with Crippen LogP contribution in [0.4, 0.5) is 4.79 Å². The van der Waals surface area contributed by atoms with E-state index in [1.165, 1.54) is 12.2 Å². The zero-order valence-corrected chi connectivity index (χ0v) is 15.7. The van der Waals surface area contributed by atoms with Crippen LogP contribution in [-0.4, -0.2) is 68.7 Å². The molecule has 0 aromatic rings. The summed E-state index contributed by atoms with van der Waals surface area (Å²) in [4.78, 5) is 57.2. The molecule has 28 heavy (non-hydrogen) atoms. The number of aliphatic imine (C=N–C) groups is 2. The molecule has 2 unspecified atom stereocenters. The van der Waals surface area contributed by atoms with Gasteiger partial charge < -0.3 is 14.8 Å². The molecule has 0 aromatic heterocycles. The first-order valence-electron chi connectivity index (χ1n) is 8.69. The zero-order valence-electron chi connectivity index (χ0n) is 15.7. The highest BCUT2D eigenvalue weighted by Gasteiger charge is 2.51. The number of carbonyl (C=O) groups is 2. The smallest absolute Gasteiger partial charge is 0.407 e. The van der Waals surface area contributed by atoms with Crippen molar-refractivity contribution in [1.82, 2.24) is 10.8 Å². The minimum atomic E-state index is -1.56. The molecule has 1 saturated carbocycles. The Morgan fingerprint density at radius 3 is 2.64 bits per heavy atom. The molecule has 11 nitrogen and oxygen atoms in total. The van der Waals surface area contributed by atoms with Gasteiger partial charge >= 0.3 is 12.1 Å². The summed E-state index contributed by atoms with van der Waals surface area (Å²) in [6.07, 6.45) is 3.21. The number of hydroxylamine groups is 1. The van der Waals surface area contributed by atoms with E-state index in [0.717, 1.165) is 5.57 Å². The SMILES string of the molecule is C=C(C)CONCCOC(=O)NCCOC(=O)C1(N=C=O)CCCC1N=C=O. The molecule has 1 rings (SSSR count). The largest absolute Gasteiger partial charge is 0.462 e. The Labute approximate surface area is 162 Å². The molecule has 1 amide bonds. The Balaban J connectivity index is 2.29. The van der Waals surface area contributed by atoms with Gasteiger partial charge in [0.15, 0.2) is 5.54 Å². The molecule has 0 saturated heterocycles. The highest BCUT2D eigenvalue weighted by atomic mass is 16.6. The van der Waals surface area contributed by atoms with Crippen molar-refractivity contribution >= 4 is 24.2 Å². The van der Waals surface area contributed by atoms with Gasteiger partial charge in [0, 0.05) is 0 Å². The van der Waals surface area contributed by atoms with E-state index in [-0.39, 0.29) is 26.2 Å². The first kappa shape index (κ1) is 23.2. The zero-order chi connectivity index (χ0) is 20.8. The second kappa shape index (κ2) is 12.5. The molecular formula is C17H24N4O7. The second-order valence-corrected chi connectivity index (χ2v) is 6.09. The molecule has 11 heteroatoms. The number of hydrogen-bond acceptors (Lipinski definition) is 10. The van der Waals surface area contributed by atoms with Gasteiger partial charge in [-0.05, 0) is 26.2 Å². The van der Waals surface area contributed by atoms with E-state index in [2.05, 4.69) is 27.4 Å². The minimum absolute atomic E-state index is 0.00728. The lowest BCUT2D eigenvalue weighted by molar-refractivity contribution is -0.150. The summed E-state index contributed by atoms with van der Waals surface area (Å²) >= 11 is 0. The van der Waals surface area contributed by atoms with Gasteiger partial charge in [-0.1, -0.05) is 12.2 Å². The molecule has 1 aliphatic rings. The number of ether oxygens (including phenoxy) is 2. The maximum atomic E-state index is 12.4. The van der Waals surface area contributed by atoms with Crippen molar-refractivity contribution in [2.45, 2.75) is 37.8 Å². The molecule has 0 aliphatic heterocycles. The van der Waals surface area contributed by atoms with Crippen molar-refractivity contribution in [1.29, 1.82) is 0 Å². The van der Waals surface area contributed by atoms with E-state index >= 15 is 0 Å². The van der Waals surface area contributed by atoms with Crippen molar-refractivity contribution in [3.8, 4) is 0 Å². The van der Waals surface area contributed by atoms with E-state index in [1.807, 2.05) is 6.92 Å². The van der Waals surface area contributed by atoms with E-state index in [9.17, 15) is 19.2 Å². The van der Waals surface area contributed by atoms with Crippen molar-refractivity contribution in [2.75, 3.05) is 32.9 Å². The van der Waals surface area contributed by atoms with E-state index < -0.39 is 23.6 Å². The van der Waals surface area contributed by atoms with Crippen LogP contribution in [0.25, 0.3) is 0 Å². The number of amides is 1. The van der Waals surface area contributed by atoms with Gasteiger partial charge in [-0.25, -0.2) is 19.2 Å². The Hall–Kier alpha value is -2.84. The van der Waals surface area contributed by atoms with Crippen LogP contribution in [0.3, 0.4) is 0 Å². The van der Waals surface area contributed by atoms with Crippen molar-refractivity contribution in [2.24, 2.45) is 9.98 Å². The average Bonchev–Trinajstić information content (AvgIpc) is 3.05. The lowest BCUT2D eigenvalue weighted by atomic mass is 9.94. The number of alkyl carbamates (subject to hydrolysis) is 1. The van der Waals surface area contributed by atoms with Gasteiger partial charge in [0.2, 0.25) is 12.2 Å². The van der Waals surface area contributed by atoms with Gasteiger partial charge in [-0.2, -0.15) is 15.5 Å². The highest BCUT2D eigenvalue weighted by Crippen LogP contribution is 2.36. The van der Waals surface area contributed by atoms with E-state index in [0.29, 0.717) is 26.0 Å². The van der Waals surface area contributed by atoms with Crippen molar-refractivity contribution in [3.05, 3.63) is 12.2 Å². The molecular weight excluding hydrogens is 372 g/mol. The molecule has 2 atom stereocenters. The molecule has 0 bridgehead atoms. The molecule has 0 radical (unpaired) electrons. The van der Waals surface area contributed by atoms with E-state index in [1.54, 1.807) is 0 Å². The summed E-state index contributed by atoms with van der Waals surface area (Å²) in [6.45, 7) is 6.03. The number of rotatable bonds is 12. The summed E-state index contributed by atoms with van der Waals surface area (Å²) in [6, 6.07) is -0.809. The number of isocyanates is 2. The molecule has 2 N–H and O–H groups in total. The summed E-state index contributed by atoms with van der Waals surface area (Å²) < 4.78 is 9.96. The van der Waals surface area contributed by atoms with Crippen LogP contribution in [0, 0.1) is 0 Å². The third-order valence-corrected chi connectivity index (χ3v) is 3.86. The predicted octanol–water partition coefficient (Wildman–Crippen LogP) is 0.316. The maximum absolute atomic E-state index is 12.4. The Kier molecular flexibility index (Phi) is 10.4. The van der Waals surface area contributed by atoms with Crippen LogP contribution >= 0.6 is 0 Å². The van der Waals surface area contributed by atoms with Crippen LogP contribution in [-0.2, 0) is 28.7 Å². The number of nitrogens with one attached hydrogen (secondary N) is 2. The third-order valence-electron chi connectivity index (χ3n) is 3.86. The van der Waals surface area contributed by atoms with Gasteiger partial charge in [0.25, 0.3) is 0 Å². The first-order chi connectivity index (χ1) is 13.5. The fourth-order valence-corrected chi connectivity index (χ4v) is 2.61. The molecule has 1 fully saturated rings. The van der Waals surface area contributed by atoms with Crippen LogP contribution in [0.5, 0.6) is 0 Å². The minimum Gasteiger partial charge on any atom is -0.462 e. The average molecular weight is 396 g/mol. The highest BCUT2D eigenvalue weighted by molar-refractivity contribution is 5.84. The summed E-state index contributed by atoms with van der Waals surface area (Å²) in [7, 11) is 0. The van der Waals surface area contributed by atoms with Gasteiger partial charge in [0.05, 0.1) is 25.7 Å². The fraction of sp³-hybridized carbons (Fsp3) is 0.647. The van der Waals surface area contributed by atoms with E-state index in [4.69, 9.17) is 14.3 Å². The summed E-state index contributed by atoms with van der Waals surface area (Å²) in [5.41, 5.74) is 1.89. The molecule has 0 heterocycles. The Morgan fingerprint density at radius 2 is 1.96 bits per heavy atom. The monoisotopic (exact) mass is 396 g/mol. The topological polar surface area (TPSA) is 145 Å². The van der Waals surface area contributed by atoms with Crippen LogP contribution < -0.4 is 10.8 Å². The third kappa shape index (κ3) is 7.42. The van der Waals surface area contributed by atoms with Crippen LogP contribution in [0.2, 0.25) is 0 Å². The number of nitrogens with zero attached hydrogens (tertiary/aromatic N) is 2. The normalized spacial score (nSPS) is 20.4. The van der Waals surface area contributed by atoms with Gasteiger partial charge in [0.1, 0.15) is 13.2 Å². The Morgan fingerprint density at radius 1 is 1.21 bits per heavy atom. The standard InChI is InChI=1S/C17H24N4O7/c1-13(2)10-28-21-7-9-27-16(25)18-6-8-26-15(24)17(20-12-23)5-3-4-14(17)19-11-22/h14,21H,1,3-10H2,2H3,(H,18,25). The number of carbonyl (C=O) groups excluding carboxylic acids is 4.